The summed E-state index contributed by atoms with van der Waals surface area (Å²) in [7, 11) is -4.09. The van der Waals surface area contributed by atoms with Crippen molar-refractivity contribution in [2.24, 2.45) is 0 Å². The van der Waals surface area contributed by atoms with Gasteiger partial charge in [0, 0.05) is 31.3 Å². The number of nitro groups is 1. The van der Waals surface area contributed by atoms with E-state index in [1.807, 2.05) is 19.1 Å². The Morgan fingerprint density at radius 1 is 1.17 bits per heavy atom. The minimum absolute atomic E-state index is 0.140. The smallest absolute Gasteiger partial charge is 0.324 e. The molecule has 1 unspecified atom stereocenters. The summed E-state index contributed by atoms with van der Waals surface area (Å²) in [6, 6.07) is 7.76. The molecule has 194 valence electrons. The van der Waals surface area contributed by atoms with E-state index < -0.39 is 45.9 Å². The molecular formula is C22H27N5O8S. The Bertz CT molecular complexity index is 1220. The molecular weight excluding hydrogens is 494 g/mol. The van der Waals surface area contributed by atoms with Gasteiger partial charge in [-0.3, -0.25) is 24.5 Å². The van der Waals surface area contributed by atoms with Crippen LogP contribution in [0, 0.1) is 17.0 Å². The molecule has 3 N–H and O–H groups in total. The molecule has 0 bridgehead atoms. The molecule has 1 heterocycles. The average molecular weight is 522 g/mol. The summed E-state index contributed by atoms with van der Waals surface area (Å²) in [4.78, 5) is 51.1. The van der Waals surface area contributed by atoms with E-state index in [0.717, 1.165) is 11.6 Å². The van der Waals surface area contributed by atoms with Crippen LogP contribution in [-0.2, 0) is 28.7 Å². The molecule has 13 nitrogen and oxygen atoms in total. The fraction of sp³-hybridized carbons (Fsp3) is 0.364. The van der Waals surface area contributed by atoms with Gasteiger partial charge >= 0.3 is 16.1 Å². The molecule has 0 aliphatic rings. The molecule has 1 aromatic carbocycles. The summed E-state index contributed by atoms with van der Waals surface area (Å²) in [5.74, 6) is -1.54. The number of carbonyl (C=O) groups is 3. The number of hydrogen-bond donors (Lipinski definition) is 3. The third-order valence-electron chi connectivity index (χ3n) is 4.68. The maximum atomic E-state index is 12.4. The van der Waals surface area contributed by atoms with Gasteiger partial charge in [0.1, 0.15) is 5.82 Å². The highest BCUT2D eigenvalue weighted by molar-refractivity contribution is 7.86. The predicted octanol–water partition coefficient (Wildman–Crippen LogP) is 1.36. The lowest BCUT2D eigenvalue weighted by Gasteiger charge is -2.18. The Morgan fingerprint density at radius 2 is 1.92 bits per heavy atom. The molecule has 0 spiro atoms. The van der Waals surface area contributed by atoms with Crippen LogP contribution in [0.5, 0.6) is 0 Å². The van der Waals surface area contributed by atoms with Gasteiger partial charge in [-0.1, -0.05) is 12.1 Å². The molecule has 2 aromatic rings. The number of nitrogens with zero attached hydrogens (tertiary/aromatic N) is 2. The van der Waals surface area contributed by atoms with E-state index in [4.69, 9.17) is 0 Å². The van der Waals surface area contributed by atoms with Crippen LogP contribution in [0.3, 0.4) is 0 Å². The number of carbonyl (C=O) groups excluding carboxylic acids is 3. The zero-order valence-corrected chi connectivity index (χ0v) is 20.5. The number of nitrogens with one attached hydrogen (secondary N) is 3. The lowest BCUT2D eigenvalue weighted by atomic mass is 10.0. The number of nitro benzene ring substituents is 1. The number of pyridine rings is 1. The van der Waals surface area contributed by atoms with Crippen molar-refractivity contribution in [2.45, 2.75) is 32.2 Å². The summed E-state index contributed by atoms with van der Waals surface area (Å²) in [6.07, 6.45) is 2.38. The SMILES string of the molecule is Cc1ccnc(NCCCC(=O)NCC(=O)NC(CC(=O)OS(C)(=O)=O)c2cccc([N+](=O)[O-])c2)c1. The minimum atomic E-state index is -4.09. The monoisotopic (exact) mass is 521 g/mol. The molecule has 14 heteroatoms. The highest BCUT2D eigenvalue weighted by Gasteiger charge is 2.23. The Kier molecular flexibility index (Phi) is 10.3. The maximum Gasteiger partial charge on any atom is 0.324 e. The maximum absolute atomic E-state index is 12.4. The first kappa shape index (κ1) is 28.2. The highest BCUT2D eigenvalue weighted by Crippen LogP contribution is 2.22. The van der Waals surface area contributed by atoms with Gasteiger partial charge < -0.3 is 20.1 Å². The fourth-order valence-electron chi connectivity index (χ4n) is 3.09. The van der Waals surface area contributed by atoms with Gasteiger partial charge in [0.05, 0.1) is 30.2 Å². The van der Waals surface area contributed by atoms with Crippen LogP contribution in [0.2, 0.25) is 0 Å². The first-order valence-electron chi connectivity index (χ1n) is 10.8. The van der Waals surface area contributed by atoms with E-state index in [-0.39, 0.29) is 23.6 Å². The largest absolute Gasteiger partial charge is 0.370 e. The molecule has 0 saturated heterocycles. The molecule has 36 heavy (non-hydrogen) atoms. The Labute approximate surface area is 207 Å². The van der Waals surface area contributed by atoms with Crippen molar-refractivity contribution in [3.05, 3.63) is 63.8 Å². The van der Waals surface area contributed by atoms with E-state index in [9.17, 15) is 32.9 Å². The van der Waals surface area contributed by atoms with Crippen LogP contribution in [0.25, 0.3) is 0 Å². The molecule has 0 radical (unpaired) electrons. The zero-order valence-electron chi connectivity index (χ0n) is 19.7. The van der Waals surface area contributed by atoms with Crippen molar-refractivity contribution in [3.63, 3.8) is 0 Å². The fourth-order valence-corrected chi connectivity index (χ4v) is 3.49. The Balaban J connectivity index is 1.90. The van der Waals surface area contributed by atoms with Gasteiger partial charge in [0.15, 0.2) is 0 Å². The van der Waals surface area contributed by atoms with Crippen LogP contribution >= 0.6 is 0 Å². The summed E-state index contributed by atoms with van der Waals surface area (Å²) in [5.41, 5.74) is 0.945. The van der Waals surface area contributed by atoms with Crippen molar-refractivity contribution in [1.82, 2.24) is 15.6 Å². The van der Waals surface area contributed by atoms with Crippen molar-refractivity contribution in [1.29, 1.82) is 0 Å². The van der Waals surface area contributed by atoms with Crippen LogP contribution < -0.4 is 16.0 Å². The molecule has 2 amide bonds. The molecule has 0 saturated carbocycles. The molecule has 0 aliphatic heterocycles. The molecule has 0 aliphatic carbocycles. The van der Waals surface area contributed by atoms with E-state index in [0.29, 0.717) is 25.0 Å². The molecule has 2 rings (SSSR count). The van der Waals surface area contributed by atoms with E-state index >= 15 is 0 Å². The van der Waals surface area contributed by atoms with Crippen LogP contribution in [-0.4, -0.2) is 55.5 Å². The number of benzene rings is 1. The predicted molar refractivity (Wildman–Crippen MR) is 129 cm³/mol. The van der Waals surface area contributed by atoms with Crippen molar-refractivity contribution < 1.29 is 31.9 Å². The van der Waals surface area contributed by atoms with Crippen LogP contribution in [0.15, 0.2) is 42.6 Å². The van der Waals surface area contributed by atoms with Crippen LogP contribution in [0.1, 0.15) is 36.4 Å². The lowest BCUT2D eigenvalue weighted by Crippen LogP contribution is -2.39. The minimum Gasteiger partial charge on any atom is -0.370 e. The third kappa shape index (κ3) is 10.5. The second kappa shape index (κ2) is 13.1. The second-order valence-electron chi connectivity index (χ2n) is 7.86. The Morgan fingerprint density at radius 3 is 2.58 bits per heavy atom. The lowest BCUT2D eigenvalue weighted by molar-refractivity contribution is -0.384. The zero-order chi connectivity index (χ0) is 26.7. The number of aryl methyl sites for hydroxylation is 1. The van der Waals surface area contributed by atoms with Crippen LogP contribution in [0.4, 0.5) is 11.5 Å². The van der Waals surface area contributed by atoms with Crippen molar-refractivity contribution >= 4 is 39.4 Å². The van der Waals surface area contributed by atoms with Gasteiger partial charge in [-0.15, -0.1) is 0 Å². The average Bonchev–Trinajstić information content (AvgIpc) is 2.79. The van der Waals surface area contributed by atoms with Gasteiger partial charge in [-0.05, 0) is 36.6 Å². The van der Waals surface area contributed by atoms with Crippen molar-refractivity contribution in [2.75, 3.05) is 24.7 Å². The van der Waals surface area contributed by atoms with E-state index in [2.05, 4.69) is 25.1 Å². The molecule has 1 atom stereocenters. The summed E-state index contributed by atoms with van der Waals surface area (Å²) in [6.45, 7) is 2.01. The normalized spacial score (nSPS) is 11.7. The number of aromatic nitrogens is 1. The summed E-state index contributed by atoms with van der Waals surface area (Å²) in [5, 5.41) is 19.1. The number of amides is 2. The third-order valence-corrected chi connectivity index (χ3v) is 5.17. The van der Waals surface area contributed by atoms with Gasteiger partial charge in [-0.25, -0.2) is 4.98 Å². The van der Waals surface area contributed by atoms with Crippen molar-refractivity contribution in [3.8, 4) is 0 Å². The molecule has 0 fully saturated rings. The standard InChI is InChI=1S/C22H27N5O8S/c1-15-8-10-24-19(11-15)23-9-4-7-20(28)25-14-21(29)26-18(13-22(30)35-36(2,33)34)16-5-3-6-17(12-16)27(31)32/h3,5-6,8,10-12,18H,4,7,9,13-14H2,1-2H3,(H,23,24)(H,25,28)(H,26,29). The first-order valence-corrected chi connectivity index (χ1v) is 12.6. The molecule has 1 aromatic heterocycles. The highest BCUT2D eigenvalue weighted by atomic mass is 32.2. The summed E-state index contributed by atoms with van der Waals surface area (Å²) < 4.78 is 26.8. The number of rotatable bonds is 13. The quantitative estimate of drug-likeness (QED) is 0.150. The number of non-ortho nitro benzene ring substituents is 1. The first-order chi connectivity index (χ1) is 16.9. The topological polar surface area (TPSA) is 187 Å². The van der Waals surface area contributed by atoms with Gasteiger partial charge in [-0.2, -0.15) is 8.42 Å². The number of anilines is 1. The summed E-state index contributed by atoms with van der Waals surface area (Å²) >= 11 is 0. The number of hydrogen-bond acceptors (Lipinski definition) is 10. The Hall–Kier alpha value is -4.07. The second-order valence-corrected chi connectivity index (χ2v) is 9.44. The van der Waals surface area contributed by atoms with Gasteiger partial charge in [0.25, 0.3) is 5.69 Å². The van der Waals surface area contributed by atoms with Gasteiger partial charge in [0.2, 0.25) is 11.8 Å². The van der Waals surface area contributed by atoms with E-state index in [1.165, 1.54) is 18.2 Å². The van der Waals surface area contributed by atoms with E-state index in [1.54, 1.807) is 6.20 Å².